The third kappa shape index (κ3) is 17.5. The lowest BCUT2D eigenvalue weighted by Gasteiger charge is -2.28. The Hall–Kier alpha value is -3.91. The van der Waals surface area contributed by atoms with Crippen LogP contribution in [0.5, 0.6) is 0 Å². The smallest absolute Gasteiger partial charge is 0.329 e. The van der Waals surface area contributed by atoms with Gasteiger partial charge in [-0.3, -0.25) is 9.59 Å². The van der Waals surface area contributed by atoms with Crippen molar-refractivity contribution in [3.8, 4) is 22.5 Å². The Kier molecular flexibility index (Phi) is 26.1. The molecule has 4 rings (SSSR count). The number of fused-ring (bicyclic) bond motifs is 5. The molecule has 1 aromatic heterocycles. The van der Waals surface area contributed by atoms with Crippen LogP contribution in [0, 0.1) is 0 Å². The van der Waals surface area contributed by atoms with Crippen LogP contribution >= 0.6 is 8.60 Å². The Morgan fingerprint density at radius 1 is 0.897 bits per heavy atom. The van der Waals surface area contributed by atoms with Crippen molar-refractivity contribution in [2.75, 3.05) is 38.8 Å². The Morgan fingerprint density at radius 2 is 1.52 bits per heavy atom. The number of aromatic nitrogens is 3. The number of para-hydroxylation sites is 1. The van der Waals surface area contributed by atoms with E-state index < -0.39 is 8.60 Å². The molecule has 0 saturated heterocycles. The number of allylic oxidation sites excluding steroid dienone is 1. The maximum atomic E-state index is 13.8. The monoisotopic (exact) mass is 827 g/mol. The Bertz CT molecular complexity index is 1620. The maximum Gasteiger partial charge on any atom is 0.329 e. The molecular weight excluding hydrogens is 755 g/mol. The van der Waals surface area contributed by atoms with Gasteiger partial charge < -0.3 is 40.0 Å². The summed E-state index contributed by atoms with van der Waals surface area (Å²) in [6.07, 6.45) is 15.6. The molecule has 2 aromatic carbocycles. The number of aryl methyl sites for hydroxylation is 1. The Labute approximate surface area is 348 Å². The number of nitrogens with zero attached hydrogens (tertiary/aromatic N) is 5. The predicted molar refractivity (Wildman–Crippen MR) is 235 cm³/mol. The van der Waals surface area contributed by atoms with Gasteiger partial charge in [0.15, 0.2) is 0 Å². The second kappa shape index (κ2) is 30.2. The zero-order valence-corrected chi connectivity index (χ0v) is 36.6. The van der Waals surface area contributed by atoms with E-state index in [1.165, 1.54) is 39.2 Å². The van der Waals surface area contributed by atoms with Crippen molar-refractivity contribution in [1.82, 2.24) is 25.3 Å². The third-order valence-corrected chi connectivity index (χ3v) is 10.4. The average molecular weight is 827 g/mol. The van der Waals surface area contributed by atoms with Gasteiger partial charge in [-0.25, -0.2) is 10.5 Å². The number of rotatable bonds is 25. The number of hydrazine groups is 1. The van der Waals surface area contributed by atoms with Crippen molar-refractivity contribution in [3.05, 3.63) is 66.0 Å². The molecule has 0 aliphatic carbocycles. The first-order valence-corrected chi connectivity index (χ1v) is 22.2. The number of carbonyl (C=O) groups excluding carboxylic acids is 2. The summed E-state index contributed by atoms with van der Waals surface area (Å²) < 4.78 is 11.9. The molecular formula is C43H71N8O6P. The number of unbranched alkanes of at least 4 members (excludes halogenated alkanes) is 10. The molecule has 0 saturated carbocycles. The van der Waals surface area contributed by atoms with E-state index in [9.17, 15) is 14.5 Å². The molecule has 3 aromatic rings. The van der Waals surface area contributed by atoms with E-state index in [-0.39, 0.29) is 24.7 Å². The lowest BCUT2D eigenvalue weighted by atomic mass is 9.95. The normalized spacial score (nSPS) is 12.3. The van der Waals surface area contributed by atoms with Crippen LogP contribution in [0.2, 0.25) is 0 Å². The highest BCUT2D eigenvalue weighted by Gasteiger charge is 2.29. The molecule has 7 N–H and O–H groups in total. The number of aliphatic hydroxyl groups excluding tert-OH is 1. The topological polar surface area (TPSA) is 194 Å². The van der Waals surface area contributed by atoms with E-state index >= 15 is 0 Å². The van der Waals surface area contributed by atoms with Crippen LogP contribution in [-0.2, 0) is 31.7 Å². The lowest BCUT2D eigenvalue weighted by molar-refractivity contribution is -0.125. The van der Waals surface area contributed by atoms with E-state index in [0.29, 0.717) is 19.7 Å². The first-order valence-electron chi connectivity index (χ1n) is 21.1. The summed E-state index contributed by atoms with van der Waals surface area (Å²) in [5, 5.41) is 21.0. The zero-order valence-electron chi connectivity index (χ0n) is 35.7. The van der Waals surface area contributed by atoms with Gasteiger partial charge in [-0.05, 0) is 43.7 Å². The molecule has 0 radical (unpaired) electrons. The van der Waals surface area contributed by atoms with Crippen LogP contribution in [0.4, 0.5) is 5.69 Å². The minimum absolute atomic E-state index is 0.0986. The number of benzene rings is 2. The van der Waals surface area contributed by atoms with Crippen molar-refractivity contribution in [3.63, 3.8) is 0 Å². The fourth-order valence-electron chi connectivity index (χ4n) is 6.63. The largest absolute Gasteiger partial charge is 0.401 e. The standard InChI is InChI=1S/C40H61N8O5P.C2H6.CH4O/c1-3-33(41)31-46(42)27-17-9-6-4-5-7-10-18-28-48-40-34-21-13-12-20-32(34)30-47(36-23-15-14-22-35(36)39(40)44-45-48)38(50)25-24-37(49)43-26-16-8-11-19-29-53-54(51)52-2;2*1-2/h12-15,20-23,31,51H,3-11,16-19,24-30,41-42H2,1-2H3,(H,43,49);1-2H3;2H,1H3/b33-31-;;. The second-order valence-electron chi connectivity index (χ2n) is 13.8. The second-order valence-corrected chi connectivity index (χ2v) is 14.9. The fourth-order valence-corrected chi connectivity index (χ4v) is 7.02. The van der Waals surface area contributed by atoms with Gasteiger partial charge in [0.2, 0.25) is 11.8 Å². The zero-order chi connectivity index (χ0) is 42.5. The SMILES string of the molecule is CC.CC/C(N)=C/N(N)CCCCCCCCCCn1nnc2c1-c1ccccc1CN(C(=O)CCC(=O)NCCCCCCOP(O)OC)c1ccccc1-2.CO. The van der Waals surface area contributed by atoms with Crippen LogP contribution in [0.15, 0.2) is 60.4 Å². The molecule has 0 bridgehead atoms. The quantitative estimate of drug-likeness (QED) is 0.0241. The first kappa shape index (κ1) is 50.2. The van der Waals surface area contributed by atoms with Gasteiger partial charge in [0.1, 0.15) is 5.69 Å². The van der Waals surface area contributed by atoms with E-state index in [1.807, 2.05) is 68.1 Å². The Morgan fingerprint density at radius 3 is 2.22 bits per heavy atom. The average Bonchev–Trinajstić information content (AvgIpc) is 3.67. The van der Waals surface area contributed by atoms with E-state index in [0.717, 1.165) is 111 Å². The molecule has 0 spiro atoms. The van der Waals surface area contributed by atoms with Crippen LogP contribution in [0.3, 0.4) is 0 Å². The summed E-state index contributed by atoms with van der Waals surface area (Å²) in [5.74, 6) is 5.75. The van der Waals surface area contributed by atoms with Crippen molar-refractivity contribution < 1.29 is 28.6 Å². The van der Waals surface area contributed by atoms with Crippen LogP contribution in [0.25, 0.3) is 22.5 Å². The Balaban J connectivity index is 0.00000281. The number of anilines is 1. The number of nitrogens with one attached hydrogen (secondary N) is 1. The van der Waals surface area contributed by atoms with Crippen molar-refractivity contribution in [1.29, 1.82) is 0 Å². The van der Waals surface area contributed by atoms with E-state index in [2.05, 4.69) is 22.7 Å². The molecule has 2 amide bonds. The van der Waals surface area contributed by atoms with Gasteiger partial charge in [-0.1, -0.05) is 120 Å². The highest BCUT2D eigenvalue weighted by Crippen LogP contribution is 2.41. The highest BCUT2D eigenvalue weighted by molar-refractivity contribution is 7.40. The van der Waals surface area contributed by atoms with E-state index in [4.69, 9.17) is 30.8 Å². The summed E-state index contributed by atoms with van der Waals surface area (Å²) in [5.41, 5.74) is 12.1. The molecule has 324 valence electrons. The third-order valence-electron chi connectivity index (χ3n) is 9.68. The van der Waals surface area contributed by atoms with Gasteiger partial charge in [-0.15, -0.1) is 5.10 Å². The molecule has 2 heterocycles. The highest BCUT2D eigenvalue weighted by atomic mass is 31.2. The summed E-state index contributed by atoms with van der Waals surface area (Å²) in [6.45, 7) is 9.01. The number of amides is 2. The van der Waals surface area contributed by atoms with Gasteiger partial charge in [-0.2, -0.15) is 0 Å². The number of aliphatic hydroxyl groups is 1. The molecule has 14 nitrogen and oxygen atoms in total. The summed E-state index contributed by atoms with van der Waals surface area (Å²) in [7, 11) is 0.632. The molecule has 1 atom stereocenters. The van der Waals surface area contributed by atoms with Gasteiger partial charge >= 0.3 is 8.60 Å². The minimum atomic E-state index is -1.78. The van der Waals surface area contributed by atoms with Crippen LogP contribution < -0.4 is 21.8 Å². The fraction of sp³-hybridized carbons (Fsp3) is 0.581. The number of carbonyl (C=O) groups is 2. The summed E-state index contributed by atoms with van der Waals surface area (Å²) in [6, 6.07) is 16.0. The van der Waals surface area contributed by atoms with Crippen molar-refractivity contribution in [2.24, 2.45) is 11.6 Å². The molecule has 15 heteroatoms. The van der Waals surface area contributed by atoms with Crippen molar-refractivity contribution >= 4 is 26.1 Å². The first-order chi connectivity index (χ1) is 28.3. The van der Waals surface area contributed by atoms with Crippen LogP contribution in [0.1, 0.15) is 123 Å². The van der Waals surface area contributed by atoms with Crippen molar-refractivity contribution in [2.45, 2.75) is 130 Å². The minimum Gasteiger partial charge on any atom is -0.401 e. The van der Waals surface area contributed by atoms with E-state index in [1.54, 1.807) is 9.91 Å². The maximum absolute atomic E-state index is 13.8. The number of nitrogens with two attached hydrogens (primary N) is 2. The molecule has 58 heavy (non-hydrogen) atoms. The molecule has 1 aliphatic heterocycles. The molecule has 1 aliphatic rings. The lowest BCUT2D eigenvalue weighted by Crippen LogP contribution is -2.33. The summed E-state index contributed by atoms with van der Waals surface area (Å²) >= 11 is 0. The predicted octanol–water partition coefficient (Wildman–Crippen LogP) is 7.94. The number of hydrogen-bond acceptors (Lipinski definition) is 11. The number of hydrogen-bond donors (Lipinski definition) is 5. The molecule has 1 unspecified atom stereocenters. The summed E-state index contributed by atoms with van der Waals surface area (Å²) in [4.78, 5) is 37.6. The van der Waals surface area contributed by atoms with Gasteiger partial charge in [0.05, 0.1) is 24.5 Å². The van der Waals surface area contributed by atoms with Crippen LogP contribution in [-0.4, -0.2) is 75.7 Å². The van der Waals surface area contributed by atoms with Gasteiger partial charge in [0, 0.05) is 69.7 Å². The van der Waals surface area contributed by atoms with Gasteiger partial charge in [0.25, 0.3) is 0 Å². The molecule has 0 fully saturated rings.